The van der Waals surface area contributed by atoms with Crippen molar-refractivity contribution in [2.45, 2.75) is 26.7 Å². The highest BCUT2D eigenvalue weighted by atomic mass is 16.5. The zero-order valence-electron chi connectivity index (χ0n) is 6.97. The molecule has 0 aliphatic carbocycles. The number of rotatable bonds is 6. The Morgan fingerprint density at radius 2 is 2.00 bits per heavy atom. The summed E-state index contributed by atoms with van der Waals surface area (Å²) in [6, 6.07) is 0. The van der Waals surface area contributed by atoms with Crippen molar-refractivity contribution in [3.05, 3.63) is 0 Å². The number of aliphatic hydroxyl groups excluding tert-OH is 1. The summed E-state index contributed by atoms with van der Waals surface area (Å²) in [4.78, 5) is 0. The van der Waals surface area contributed by atoms with E-state index in [0.717, 1.165) is 26.1 Å². The Hall–Kier alpha value is -0.0800. The van der Waals surface area contributed by atoms with Gasteiger partial charge in [0.15, 0.2) is 0 Å². The van der Waals surface area contributed by atoms with Crippen LogP contribution in [0.15, 0.2) is 0 Å². The summed E-state index contributed by atoms with van der Waals surface area (Å²) in [6.45, 7) is 6.17. The molecule has 0 amide bonds. The van der Waals surface area contributed by atoms with Crippen molar-refractivity contribution in [3.63, 3.8) is 0 Å². The molecule has 0 aliphatic heterocycles. The van der Waals surface area contributed by atoms with Gasteiger partial charge in [-0.3, -0.25) is 0 Å². The third kappa shape index (κ3) is 7.92. The Bertz CT molecular complexity index is 62.3. The van der Waals surface area contributed by atoms with Crippen molar-refractivity contribution in [3.8, 4) is 0 Å². The molecule has 0 spiro atoms. The first-order valence-corrected chi connectivity index (χ1v) is 3.96. The van der Waals surface area contributed by atoms with Gasteiger partial charge in [-0.25, -0.2) is 0 Å². The molecule has 1 N–H and O–H groups in total. The fourth-order valence-corrected chi connectivity index (χ4v) is 0.635. The number of unbranched alkanes of at least 4 members (excludes halogenated alkanes) is 1. The summed E-state index contributed by atoms with van der Waals surface area (Å²) in [5, 5.41) is 8.42. The SMILES string of the molecule is CC(C)COCCCCO. The molecule has 0 unspecified atom stereocenters. The largest absolute Gasteiger partial charge is 0.396 e. The summed E-state index contributed by atoms with van der Waals surface area (Å²) in [7, 11) is 0. The summed E-state index contributed by atoms with van der Waals surface area (Å²) < 4.78 is 5.29. The van der Waals surface area contributed by atoms with Gasteiger partial charge < -0.3 is 9.84 Å². The van der Waals surface area contributed by atoms with Crippen LogP contribution >= 0.6 is 0 Å². The Morgan fingerprint density at radius 1 is 1.30 bits per heavy atom. The average Bonchev–Trinajstić information content (AvgIpc) is 1.87. The highest BCUT2D eigenvalue weighted by Gasteiger charge is 1.92. The molecule has 0 fully saturated rings. The van der Waals surface area contributed by atoms with Crippen molar-refractivity contribution in [1.82, 2.24) is 0 Å². The second kappa shape index (κ2) is 7.03. The maximum absolute atomic E-state index is 8.42. The summed E-state index contributed by atoms with van der Waals surface area (Å²) in [5.41, 5.74) is 0. The molecule has 0 aromatic heterocycles. The molecule has 0 saturated carbocycles. The smallest absolute Gasteiger partial charge is 0.0488 e. The maximum atomic E-state index is 8.42. The normalized spacial score (nSPS) is 10.8. The third-order valence-corrected chi connectivity index (χ3v) is 1.15. The van der Waals surface area contributed by atoms with E-state index >= 15 is 0 Å². The molecule has 0 rings (SSSR count). The van der Waals surface area contributed by atoms with Gasteiger partial charge in [-0.15, -0.1) is 0 Å². The van der Waals surface area contributed by atoms with Crippen LogP contribution in [-0.4, -0.2) is 24.9 Å². The number of ether oxygens (including phenoxy) is 1. The minimum atomic E-state index is 0.283. The molecule has 0 bridgehead atoms. The predicted octanol–water partition coefficient (Wildman–Crippen LogP) is 1.43. The van der Waals surface area contributed by atoms with E-state index in [-0.39, 0.29) is 6.61 Å². The first kappa shape index (κ1) is 9.92. The van der Waals surface area contributed by atoms with Crippen LogP contribution < -0.4 is 0 Å². The van der Waals surface area contributed by atoms with Crippen LogP contribution in [0.5, 0.6) is 0 Å². The van der Waals surface area contributed by atoms with Crippen LogP contribution in [0.4, 0.5) is 0 Å². The Labute approximate surface area is 63.2 Å². The summed E-state index contributed by atoms with van der Waals surface area (Å²) in [6.07, 6.45) is 1.83. The molecule has 0 heterocycles. The van der Waals surface area contributed by atoms with Crippen molar-refractivity contribution < 1.29 is 9.84 Å². The molecule has 0 radical (unpaired) electrons. The highest BCUT2D eigenvalue weighted by molar-refractivity contribution is 4.40. The monoisotopic (exact) mass is 146 g/mol. The van der Waals surface area contributed by atoms with Crippen LogP contribution in [-0.2, 0) is 4.74 Å². The van der Waals surface area contributed by atoms with Crippen LogP contribution in [0.1, 0.15) is 26.7 Å². The minimum absolute atomic E-state index is 0.283. The second-order valence-electron chi connectivity index (χ2n) is 2.90. The molecule has 0 aromatic rings. The van der Waals surface area contributed by atoms with E-state index in [9.17, 15) is 0 Å². The van der Waals surface area contributed by atoms with Gasteiger partial charge in [0, 0.05) is 19.8 Å². The van der Waals surface area contributed by atoms with E-state index in [4.69, 9.17) is 9.84 Å². The Morgan fingerprint density at radius 3 is 2.50 bits per heavy atom. The lowest BCUT2D eigenvalue weighted by Gasteiger charge is -2.05. The summed E-state index contributed by atoms with van der Waals surface area (Å²) >= 11 is 0. The summed E-state index contributed by atoms with van der Waals surface area (Å²) in [5.74, 6) is 0.620. The van der Waals surface area contributed by atoms with Gasteiger partial charge in [-0.05, 0) is 18.8 Å². The molecule has 2 heteroatoms. The van der Waals surface area contributed by atoms with Gasteiger partial charge in [0.25, 0.3) is 0 Å². The van der Waals surface area contributed by atoms with Crippen molar-refractivity contribution >= 4 is 0 Å². The van der Waals surface area contributed by atoms with E-state index in [1.807, 2.05) is 0 Å². The molecule has 0 saturated heterocycles. The highest BCUT2D eigenvalue weighted by Crippen LogP contribution is 1.94. The lowest BCUT2D eigenvalue weighted by atomic mass is 10.2. The number of hydrogen-bond acceptors (Lipinski definition) is 2. The molecule has 10 heavy (non-hydrogen) atoms. The zero-order valence-corrected chi connectivity index (χ0v) is 6.97. The topological polar surface area (TPSA) is 29.5 Å². The second-order valence-corrected chi connectivity index (χ2v) is 2.90. The van der Waals surface area contributed by atoms with Crippen LogP contribution in [0, 0.1) is 5.92 Å². The van der Waals surface area contributed by atoms with Crippen molar-refractivity contribution in [2.24, 2.45) is 5.92 Å². The third-order valence-electron chi connectivity index (χ3n) is 1.15. The van der Waals surface area contributed by atoms with Crippen molar-refractivity contribution in [2.75, 3.05) is 19.8 Å². The predicted molar refractivity (Wildman–Crippen MR) is 42.0 cm³/mol. The van der Waals surface area contributed by atoms with E-state index in [1.165, 1.54) is 0 Å². The molecule has 2 nitrogen and oxygen atoms in total. The lowest BCUT2D eigenvalue weighted by molar-refractivity contribution is 0.103. The zero-order chi connectivity index (χ0) is 7.82. The lowest BCUT2D eigenvalue weighted by Crippen LogP contribution is -2.03. The molecule has 62 valence electrons. The van der Waals surface area contributed by atoms with Gasteiger partial charge in [0.1, 0.15) is 0 Å². The fourth-order valence-electron chi connectivity index (χ4n) is 0.635. The molecular formula is C8H18O2. The molecule has 0 aliphatic rings. The standard InChI is InChI=1S/C8H18O2/c1-8(2)7-10-6-4-3-5-9/h8-9H,3-7H2,1-2H3. The van der Waals surface area contributed by atoms with E-state index in [0.29, 0.717) is 5.92 Å². The first-order chi connectivity index (χ1) is 4.77. The van der Waals surface area contributed by atoms with Gasteiger partial charge >= 0.3 is 0 Å². The van der Waals surface area contributed by atoms with E-state index < -0.39 is 0 Å². The van der Waals surface area contributed by atoms with Crippen LogP contribution in [0.2, 0.25) is 0 Å². The Kier molecular flexibility index (Phi) is 6.98. The number of hydrogen-bond donors (Lipinski definition) is 1. The Balaban J connectivity index is 2.77. The average molecular weight is 146 g/mol. The van der Waals surface area contributed by atoms with Crippen molar-refractivity contribution in [1.29, 1.82) is 0 Å². The molecule has 0 atom stereocenters. The van der Waals surface area contributed by atoms with Crippen LogP contribution in [0.3, 0.4) is 0 Å². The fraction of sp³-hybridized carbons (Fsp3) is 1.00. The van der Waals surface area contributed by atoms with E-state index in [1.54, 1.807) is 0 Å². The molecule has 0 aromatic carbocycles. The number of aliphatic hydroxyl groups is 1. The van der Waals surface area contributed by atoms with Gasteiger partial charge in [0.2, 0.25) is 0 Å². The first-order valence-electron chi connectivity index (χ1n) is 3.96. The minimum Gasteiger partial charge on any atom is -0.396 e. The van der Waals surface area contributed by atoms with Gasteiger partial charge in [0.05, 0.1) is 0 Å². The molecular weight excluding hydrogens is 128 g/mol. The van der Waals surface area contributed by atoms with Gasteiger partial charge in [-0.1, -0.05) is 13.8 Å². The quantitative estimate of drug-likeness (QED) is 0.574. The van der Waals surface area contributed by atoms with Crippen LogP contribution in [0.25, 0.3) is 0 Å². The maximum Gasteiger partial charge on any atom is 0.0488 e. The van der Waals surface area contributed by atoms with Gasteiger partial charge in [-0.2, -0.15) is 0 Å². The van der Waals surface area contributed by atoms with E-state index in [2.05, 4.69) is 13.8 Å².